The van der Waals surface area contributed by atoms with Crippen molar-refractivity contribution in [3.8, 4) is 0 Å². The Balaban J connectivity index is 2.25. The molecular formula is C13H13ClFN3O2S. The van der Waals surface area contributed by atoms with Crippen LogP contribution in [0.5, 0.6) is 0 Å². The van der Waals surface area contributed by atoms with Crippen LogP contribution >= 0.6 is 11.6 Å². The minimum Gasteiger partial charge on any atom is -0.399 e. The van der Waals surface area contributed by atoms with Crippen LogP contribution in [0.1, 0.15) is 11.3 Å². The van der Waals surface area contributed by atoms with Gasteiger partial charge in [0.15, 0.2) is 5.82 Å². The lowest BCUT2D eigenvalue weighted by Crippen LogP contribution is -2.24. The highest BCUT2D eigenvalue weighted by atomic mass is 35.5. The molecule has 1 aromatic carbocycles. The zero-order valence-corrected chi connectivity index (χ0v) is 12.7. The van der Waals surface area contributed by atoms with Crippen molar-refractivity contribution in [3.05, 3.63) is 52.6 Å². The summed E-state index contributed by atoms with van der Waals surface area (Å²) in [5.74, 6) is -1.03. The highest BCUT2D eigenvalue weighted by Crippen LogP contribution is 2.25. The first-order valence-corrected chi connectivity index (χ1v) is 7.81. The number of halogens is 2. The van der Waals surface area contributed by atoms with E-state index in [2.05, 4.69) is 9.71 Å². The molecule has 0 amide bonds. The van der Waals surface area contributed by atoms with Crippen LogP contribution in [-0.4, -0.2) is 13.4 Å². The zero-order valence-electron chi connectivity index (χ0n) is 11.1. The van der Waals surface area contributed by atoms with Crippen LogP contribution in [-0.2, 0) is 16.6 Å². The van der Waals surface area contributed by atoms with Gasteiger partial charge in [-0.15, -0.1) is 0 Å². The van der Waals surface area contributed by atoms with E-state index in [1.807, 2.05) is 6.92 Å². The fourth-order valence-corrected chi connectivity index (χ4v) is 3.07. The van der Waals surface area contributed by atoms with Gasteiger partial charge in [-0.1, -0.05) is 17.7 Å². The first-order chi connectivity index (χ1) is 9.79. The normalized spacial score (nSPS) is 11.6. The standard InChI is InChI=1S/C13H13ClFN3O2S/c1-8-2-3-9(6-17-8)7-18-21(19,20)12-5-10(16)4-11(14)13(12)15/h2-6,18H,7,16H2,1H3. The molecule has 8 heteroatoms. The molecule has 3 N–H and O–H groups in total. The minimum atomic E-state index is -4.06. The van der Waals surface area contributed by atoms with E-state index in [0.717, 1.165) is 17.8 Å². The summed E-state index contributed by atoms with van der Waals surface area (Å²) >= 11 is 5.60. The van der Waals surface area contributed by atoms with Crippen molar-refractivity contribution >= 4 is 27.3 Å². The Kier molecular flexibility index (Phi) is 4.46. The zero-order chi connectivity index (χ0) is 15.6. The second kappa shape index (κ2) is 5.97. The molecule has 0 aliphatic carbocycles. The van der Waals surface area contributed by atoms with Gasteiger partial charge in [-0.25, -0.2) is 17.5 Å². The molecule has 0 aliphatic rings. The van der Waals surface area contributed by atoms with E-state index >= 15 is 0 Å². The molecule has 2 aromatic rings. The number of nitrogens with one attached hydrogen (secondary N) is 1. The number of anilines is 1. The Bertz CT molecular complexity index is 764. The molecule has 5 nitrogen and oxygen atoms in total. The fraction of sp³-hybridized carbons (Fsp3) is 0.154. The molecule has 0 aliphatic heterocycles. The molecule has 0 atom stereocenters. The molecular weight excluding hydrogens is 317 g/mol. The third-order valence-corrected chi connectivity index (χ3v) is 4.42. The van der Waals surface area contributed by atoms with Gasteiger partial charge in [0, 0.05) is 24.1 Å². The number of benzene rings is 1. The average molecular weight is 330 g/mol. The number of hydrogen-bond donors (Lipinski definition) is 2. The van der Waals surface area contributed by atoms with Crippen molar-refractivity contribution in [2.75, 3.05) is 5.73 Å². The lowest BCUT2D eigenvalue weighted by Gasteiger charge is -2.09. The van der Waals surface area contributed by atoms with Crippen molar-refractivity contribution in [2.45, 2.75) is 18.4 Å². The van der Waals surface area contributed by atoms with Crippen molar-refractivity contribution in [3.63, 3.8) is 0 Å². The SMILES string of the molecule is Cc1ccc(CNS(=O)(=O)c2cc(N)cc(Cl)c2F)cn1. The van der Waals surface area contributed by atoms with Gasteiger partial charge in [-0.2, -0.15) is 0 Å². The van der Waals surface area contributed by atoms with E-state index < -0.39 is 20.7 Å². The van der Waals surface area contributed by atoms with E-state index in [4.69, 9.17) is 17.3 Å². The summed E-state index contributed by atoms with van der Waals surface area (Å²) < 4.78 is 40.3. The number of rotatable bonds is 4. The van der Waals surface area contributed by atoms with Gasteiger partial charge in [0.1, 0.15) is 4.90 Å². The minimum absolute atomic E-state index is 0.0124. The summed E-state index contributed by atoms with van der Waals surface area (Å²) in [5.41, 5.74) is 7.03. The molecule has 112 valence electrons. The summed E-state index contributed by atoms with van der Waals surface area (Å²) in [6.07, 6.45) is 1.54. The van der Waals surface area contributed by atoms with E-state index in [0.29, 0.717) is 5.56 Å². The Morgan fingerprint density at radius 1 is 1.38 bits per heavy atom. The summed E-state index contributed by atoms with van der Waals surface area (Å²) in [6.45, 7) is 1.81. The molecule has 2 rings (SSSR count). The molecule has 0 saturated carbocycles. The van der Waals surface area contributed by atoms with Crippen LogP contribution in [0.4, 0.5) is 10.1 Å². The topological polar surface area (TPSA) is 85.1 Å². The van der Waals surface area contributed by atoms with Crippen molar-refractivity contribution in [1.82, 2.24) is 9.71 Å². The number of pyridine rings is 1. The van der Waals surface area contributed by atoms with Crippen LogP contribution in [0.3, 0.4) is 0 Å². The monoisotopic (exact) mass is 329 g/mol. The molecule has 0 unspecified atom stereocenters. The van der Waals surface area contributed by atoms with Gasteiger partial charge in [-0.05, 0) is 30.7 Å². The Labute approximate surface area is 127 Å². The molecule has 1 aromatic heterocycles. The molecule has 0 saturated heterocycles. The molecule has 0 fully saturated rings. The summed E-state index contributed by atoms with van der Waals surface area (Å²) in [4.78, 5) is 3.47. The maximum absolute atomic E-state index is 13.8. The highest BCUT2D eigenvalue weighted by molar-refractivity contribution is 7.89. The molecule has 0 bridgehead atoms. The van der Waals surface area contributed by atoms with Crippen LogP contribution in [0, 0.1) is 12.7 Å². The van der Waals surface area contributed by atoms with Crippen molar-refractivity contribution < 1.29 is 12.8 Å². The maximum atomic E-state index is 13.8. The summed E-state index contributed by atoms with van der Waals surface area (Å²) in [6, 6.07) is 5.66. The van der Waals surface area contributed by atoms with E-state index in [9.17, 15) is 12.8 Å². The summed E-state index contributed by atoms with van der Waals surface area (Å²) in [5, 5.41) is -0.340. The third kappa shape index (κ3) is 3.69. The number of nitrogen functional groups attached to an aromatic ring is 1. The lowest BCUT2D eigenvalue weighted by molar-refractivity contribution is 0.557. The van der Waals surface area contributed by atoms with Crippen LogP contribution < -0.4 is 10.5 Å². The van der Waals surface area contributed by atoms with Gasteiger partial charge in [0.25, 0.3) is 0 Å². The predicted molar refractivity (Wildman–Crippen MR) is 78.8 cm³/mol. The van der Waals surface area contributed by atoms with Gasteiger partial charge < -0.3 is 5.73 Å². The Morgan fingerprint density at radius 2 is 2.10 bits per heavy atom. The highest BCUT2D eigenvalue weighted by Gasteiger charge is 2.21. The Hall–Kier alpha value is -1.70. The lowest BCUT2D eigenvalue weighted by atomic mass is 10.2. The number of sulfonamides is 1. The van der Waals surface area contributed by atoms with Crippen molar-refractivity contribution in [2.24, 2.45) is 0 Å². The second-order valence-electron chi connectivity index (χ2n) is 4.45. The van der Waals surface area contributed by atoms with Gasteiger partial charge in [-0.3, -0.25) is 4.98 Å². The molecule has 0 spiro atoms. The number of nitrogens with zero attached hydrogens (tertiary/aromatic N) is 1. The van der Waals surface area contributed by atoms with Crippen LogP contribution in [0.15, 0.2) is 35.4 Å². The molecule has 0 radical (unpaired) electrons. The van der Waals surface area contributed by atoms with Crippen molar-refractivity contribution in [1.29, 1.82) is 0 Å². The smallest absolute Gasteiger partial charge is 0.243 e. The third-order valence-electron chi connectivity index (χ3n) is 2.75. The first-order valence-electron chi connectivity index (χ1n) is 5.95. The van der Waals surface area contributed by atoms with Crippen LogP contribution in [0.25, 0.3) is 0 Å². The van der Waals surface area contributed by atoms with Crippen LogP contribution in [0.2, 0.25) is 5.02 Å². The average Bonchev–Trinajstić information content (AvgIpc) is 2.42. The van der Waals surface area contributed by atoms with Gasteiger partial charge in [0.2, 0.25) is 10.0 Å². The number of aromatic nitrogens is 1. The second-order valence-corrected chi connectivity index (χ2v) is 6.59. The predicted octanol–water partition coefficient (Wildman–Crippen LogP) is 2.24. The largest absolute Gasteiger partial charge is 0.399 e. The van der Waals surface area contributed by atoms with Gasteiger partial charge in [0.05, 0.1) is 5.02 Å². The van der Waals surface area contributed by atoms with E-state index in [1.165, 1.54) is 0 Å². The quantitative estimate of drug-likeness (QED) is 0.842. The number of aryl methyl sites for hydroxylation is 1. The molecule has 1 heterocycles. The number of nitrogens with two attached hydrogens (primary N) is 1. The number of hydrogen-bond acceptors (Lipinski definition) is 4. The summed E-state index contributed by atoms with van der Waals surface area (Å²) in [7, 11) is -4.06. The Morgan fingerprint density at radius 3 is 2.71 bits per heavy atom. The first kappa shape index (κ1) is 15.7. The molecule has 21 heavy (non-hydrogen) atoms. The maximum Gasteiger partial charge on any atom is 0.243 e. The van der Waals surface area contributed by atoms with E-state index in [1.54, 1.807) is 18.3 Å². The fourth-order valence-electron chi connectivity index (χ4n) is 1.64. The van der Waals surface area contributed by atoms with Gasteiger partial charge >= 0.3 is 0 Å². The van der Waals surface area contributed by atoms with E-state index in [-0.39, 0.29) is 17.3 Å².